The molecule has 4 nitrogen and oxygen atoms in total. The van der Waals surface area contributed by atoms with Crippen molar-refractivity contribution in [3.63, 3.8) is 0 Å². The first-order valence-electron chi connectivity index (χ1n) is 5.56. The Morgan fingerprint density at radius 1 is 1.41 bits per heavy atom. The van der Waals surface area contributed by atoms with Gasteiger partial charge in [-0.3, -0.25) is 4.79 Å². The van der Waals surface area contributed by atoms with Gasteiger partial charge in [0, 0.05) is 19.1 Å². The first-order valence-corrected chi connectivity index (χ1v) is 5.56. The number of carbonyl (C=O) groups excluding carboxylic acids is 1. The van der Waals surface area contributed by atoms with E-state index in [0.29, 0.717) is 12.0 Å². The molecule has 4 heteroatoms. The van der Waals surface area contributed by atoms with E-state index in [9.17, 15) is 4.79 Å². The minimum Gasteiger partial charge on any atom is -0.351 e. The molecule has 1 aromatic rings. The van der Waals surface area contributed by atoms with E-state index < -0.39 is 5.79 Å². The fourth-order valence-electron chi connectivity index (χ4n) is 1.66. The van der Waals surface area contributed by atoms with E-state index in [1.807, 2.05) is 18.2 Å². The highest BCUT2D eigenvalue weighted by Crippen LogP contribution is 2.19. The second-order valence-corrected chi connectivity index (χ2v) is 4.10. The third kappa shape index (κ3) is 3.93. The molecule has 0 aromatic heterocycles. The van der Waals surface area contributed by atoms with E-state index in [1.165, 1.54) is 7.11 Å². The molecule has 94 valence electrons. The fourth-order valence-corrected chi connectivity index (χ4v) is 1.66. The number of carbonyl (C=O) groups is 1. The van der Waals surface area contributed by atoms with Crippen LogP contribution in [0.3, 0.4) is 0 Å². The lowest BCUT2D eigenvalue weighted by Gasteiger charge is -2.23. The lowest BCUT2D eigenvalue weighted by molar-refractivity contribution is -0.393. The Morgan fingerprint density at radius 3 is 2.71 bits per heavy atom. The average Bonchev–Trinajstić information content (AvgIpc) is 2.39. The van der Waals surface area contributed by atoms with Crippen molar-refractivity contribution in [2.75, 3.05) is 7.11 Å². The second kappa shape index (κ2) is 6.49. The van der Waals surface area contributed by atoms with Crippen LogP contribution in [0.15, 0.2) is 24.3 Å². The summed E-state index contributed by atoms with van der Waals surface area (Å²) in [5.41, 5.74) is 1.70. The summed E-state index contributed by atoms with van der Waals surface area (Å²) in [6.45, 7) is 1.67. The summed E-state index contributed by atoms with van der Waals surface area (Å²) in [6.07, 6.45) is 2.91. The van der Waals surface area contributed by atoms with Gasteiger partial charge >= 0.3 is 0 Å². The molecule has 1 unspecified atom stereocenters. The van der Waals surface area contributed by atoms with Crippen LogP contribution in [0, 0.1) is 0 Å². The van der Waals surface area contributed by atoms with Gasteiger partial charge in [-0.2, -0.15) is 0 Å². The highest BCUT2D eigenvalue weighted by atomic mass is 17.1. The topological polar surface area (TPSA) is 55.8 Å². The maximum Gasteiger partial charge on any atom is 0.198 e. The van der Waals surface area contributed by atoms with Gasteiger partial charge in [0.2, 0.25) is 0 Å². The molecule has 0 spiro atoms. The van der Waals surface area contributed by atoms with Crippen molar-refractivity contribution in [1.29, 1.82) is 0 Å². The number of hydrogen-bond acceptors (Lipinski definition) is 4. The van der Waals surface area contributed by atoms with E-state index in [4.69, 9.17) is 9.99 Å². The van der Waals surface area contributed by atoms with Crippen molar-refractivity contribution < 1.29 is 19.7 Å². The van der Waals surface area contributed by atoms with Gasteiger partial charge < -0.3 is 4.74 Å². The molecule has 0 amide bonds. The minimum absolute atomic E-state index is 0.549. The zero-order chi connectivity index (χ0) is 12.7. The van der Waals surface area contributed by atoms with E-state index in [-0.39, 0.29) is 0 Å². The monoisotopic (exact) mass is 238 g/mol. The number of aryl methyl sites for hydroxylation is 1. The summed E-state index contributed by atoms with van der Waals surface area (Å²) in [5.74, 6) is -0.976. The van der Waals surface area contributed by atoms with Crippen molar-refractivity contribution >= 4 is 6.29 Å². The maximum absolute atomic E-state index is 10.8. The first-order chi connectivity index (χ1) is 8.15. The maximum atomic E-state index is 10.8. The van der Waals surface area contributed by atoms with Gasteiger partial charge in [-0.25, -0.2) is 10.1 Å². The van der Waals surface area contributed by atoms with Crippen molar-refractivity contribution in [3.8, 4) is 0 Å². The predicted octanol–water partition coefficient (Wildman–Crippen LogP) is 2.67. The van der Waals surface area contributed by atoms with Gasteiger partial charge in [0.25, 0.3) is 0 Å². The van der Waals surface area contributed by atoms with Crippen LogP contribution >= 0.6 is 0 Å². The van der Waals surface area contributed by atoms with Crippen LogP contribution in [-0.4, -0.2) is 24.4 Å². The van der Waals surface area contributed by atoms with E-state index in [1.54, 1.807) is 13.0 Å². The van der Waals surface area contributed by atoms with Crippen molar-refractivity contribution in [2.45, 2.75) is 32.0 Å². The predicted molar refractivity (Wildman–Crippen MR) is 63.9 cm³/mol. The lowest BCUT2D eigenvalue weighted by atomic mass is 10.0. The number of ether oxygens (including phenoxy) is 1. The normalized spacial score (nSPS) is 14.3. The fraction of sp³-hybridized carbons (Fsp3) is 0.462. The molecule has 1 N–H and O–H groups in total. The number of rotatable bonds is 7. The molecule has 0 fully saturated rings. The molecule has 0 saturated heterocycles. The van der Waals surface area contributed by atoms with Gasteiger partial charge in [0.05, 0.1) is 0 Å². The van der Waals surface area contributed by atoms with Crippen molar-refractivity contribution in [1.82, 2.24) is 0 Å². The smallest absolute Gasteiger partial charge is 0.198 e. The van der Waals surface area contributed by atoms with E-state index in [2.05, 4.69) is 4.89 Å². The quantitative estimate of drug-likeness (QED) is 0.343. The molecule has 1 atom stereocenters. The summed E-state index contributed by atoms with van der Waals surface area (Å²) < 4.78 is 5.04. The highest BCUT2D eigenvalue weighted by molar-refractivity contribution is 5.77. The number of hydrogen-bond donors (Lipinski definition) is 1. The Labute approximate surface area is 101 Å². The molecule has 0 aliphatic carbocycles. The zero-order valence-corrected chi connectivity index (χ0v) is 10.2. The summed E-state index contributed by atoms with van der Waals surface area (Å²) in [4.78, 5) is 15.1. The summed E-state index contributed by atoms with van der Waals surface area (Å²) in [7, 11) is 1.48. The van der Waals surface area contributed by atoms with Crippen LogP contribution in [0.5, 0.6) is 0 Å². The molecule has 1 rings (SSSR count). The van der Waals surface area contributed by atoms with Gasteiger partial charge in [-0.15, -0.1) is 0 Å². The van der Waals surface area contributed by atoms with Gasteiger partial charge in [-0.05, 0) is 25.3 Å². The van der Waals surface area contributed by atoms with Crippen LogP contribution in [0.1, 0.15) is 35.7 Å². The Kier molecular flexibility index (Phi) is 5.28. The molecular weight excluding hydrogens is 220 g/mol. The van der Waals surface area contributed by atoms with Crippen LogP contribution in [0.4, 0.5) is 0 Å². The Hall–Kier alpha value is -1.23. The van der Waals surface area contributed by atoms with E-state index >= 15 is 0 Å². The largest absolute Gasteiger partial charge is 0.351 e. The van der Waals surface area contributed by atoms with Gasteiger partial charge in [-0.1, -0.05) is 24.3 Å². The molecule has 0 bridgehead atoms. The van der Waals surface area contributed by atoms with E-state index in [0.717, 1.165) is 24.7 Å². The molecule has 0 radical (unpaired) electrons. The summed E-state index contributed by atoms with van der Waals surface area (Å²) >= 11 is 0. The first kappa shape index (κ1) is 13.8. The number of aldehydes is 1. The van der Waals surface area contributed by atoms with Crippen LogP contribution < -0.4 is 0 Å². The molecule has 0 aliphatic rings. The van der Waals surface area contributed by atoms with Crippen LogP contribution in [0.25, 0.3) is 0 Å². The SMILES string of the molecule is COC(C)(CCCc1ccccc1C=O)OO. The molecule has 17 heavy (non-hydrogen) atoms. The van der Waals surface area contributed by atoms with Crippen LogP contribution in [0.2, 0.25) is 0 Å². The summed E-state index contributed by atoms with van der Waals surface area (Å²) in [5, 5.41) is 8.70. The number of benzene rings is 1. The molecule has 0 heterocycles. The summed E-state index contributed by atoms with van der Waals surface area (Å²) in [6, 6.07) is 7.46. The Balaban J connectivity index is 2.53. The molecule has 1 aromatic carbocycles. The zero-order valence-electron chi connectivity index (χ0n) is 10.2. The molecule has 0 saturated carbocycles. The van der Waals surface area contributed by atoms with Crippen LogP contribution in [-0.2, 0) is 16.0 Å². The van der Waals surface area contributed by atoms with Crippen molar-refractivity contribution in [3.05, 3.63) is 35.4 Å². The lowest BCUT2D eigenvalue weighted by Crippen LogP contribution is -2.29. The standard InChI is InChI=1S/C13H18O4/c1-13(16-2,17-15)9-5-8-11-6-3-4-7-12(11)10-14/h3-4,6-7,10,15H,5,8-9H2,1-2H3. The minimum atomic E-state index is -0.976. The van der Waals surface area contributed by atoms with Crippen molar-refractivity contribution in [2.24, 2.45) is 0 Å². The highest BCUT2D eigenvalue weighted by Gasteiger charge is 2.24. The third-order valence-electron chi connectivity index (χ3n) is 2.88. The Bertz CT molecular complexity index is 358. The molecule has 0 aliphatic heterocycles. The number of methoxy groups -OCH3 is 1. The third-order valence-corrected chi connectivity index (χ3v) is 2.88. The molecular formula is C13H18O4. The second-order valence-electron chi connectivity index (χ2n) is 4.10. The van der Waals surface area contributed by atoms with Gasteiger partial charge in [0.1, 0.15) is 6.29 Å². The average molecular weight is 238 g/mol. The Morgan fingerprint density at radius 2 is 2.12 bits per heavy atom. The van der Waals surface area contributed by atoms with Gasteiger partial charge in [0.15, 0.2) is 5.79 Å².